The quantitative estimate of drug-likeness (QED) is 0.831. The Morgan fingerprint density at radius 2 is 2.25 bits per heavy atom. The van der Waals surface area contributed by atoms with Gasteiger partial charge in [-0.1, -0.05) is 17.7 Å². The molecule has 5 heteroatoms. The Hall–Kier alpha value is -1.10. The monoisotopic (exact) mass is 240 g/mol. The van der Waals surface area contributed by atoms with E-state index < -0.39 is 6.04 Å². The molecule has 86 valence electrons. The average Bonchev–Trinajstić information content (AvgIpc) is 2.51. The summed E-state index contributed by atoms with van der Waals surface area (Å²) in [5.74, 6) is -0.156. The maximum Gasteiger partial charge on any atom is 0.248 e. The zero-order valence-corrected chi connectivity index (χ0v) is 9.44. The Morgan fingerprint density at radius 1 is 1.50 bits per heavy atom. The van der Waals surface area contributed by atoms with Crippen LogP contribution >= 0.6 is 11.6 Å². The van der Waals surface area contributed by atoms with Gasteiger partial charge in [0, 0.05) is 23.7 Å². The molecule has 0 saturated carbocycles. The summed E-state index contributed by atoms with van der Waals surface area (Å²) in [5.41, 5.74) is 7.26. The van der Waals surface area contributed by atoms with E-state index in [4.69, 9.17) is 22.4 Å². The van der Waals surface area contributed by atoms with E-state index in [9.17, 15) is 4.79 Å². The molecule has 0 saturated heterocycles. The van der Waals surface area contributed by atoms with E-state index in [1.165, 1.54) is 0 Å². The minimum atomic E-state index is -0.678. The first-order valence-corrected chi connectivity index (χ1v) is 5.51. The van der Waals surface area contributed by atoms with Crippen LogP contribution in [0.3, 0.4) is 0 Å². The summed E-state index contributed by atoms with van der Waals surface area (Å²) in [7, 11) is 0. The lowest BCUT2D eigenvalue weighted by atomic mass is 10.1. The number of carbonyl (C=O) groups is 1. The second-order valence-corrected chi connectivity index (χ2v) is 4.12. The molecule has 1 aliphatic rings. The molecular weight excluding hydrogens is 228 g/mol. The van der Waals surface area contributed by atoms with Gasteiger partial charge in [0.15, 0.2) is 0 Å². The van der Waals surface area contributed by atoms with Crippen LogP contribution in [-0.4, -0.2) is 24.2 Å². The first-order valence-electron chi connectivity index (χ1n) is 5.13. The van der Waals surface area contributed by atoms with Crippen molar-refractivity contribution in [3.63, 3.8) is 0 Å². The van der Waals surface area contributed by atoms with Gasteiger partial charge in [-0.15, -0.1) is 0 Å². The molecule has 16 heavy (non-hydrogen) atoms. The summed E-state index contributed by atoms with van der Waals surface area (Å²) in [6.45, 7) is 0.519. The van der Waals surface area contributed by atoms with Crippen LogP contribution in [0.25, 0.3) is 0 Å². The van der Waals surface area contributed by atoms with Gasteiger partial charge in [0.2, 0.25) is 5.91 Å². The fourth-order valence-electron chi connectivity index (χ4n) is 1.94. The van der Waals surface area contributed by atoms with Gasteiger partial charge >= 0.3 is 0 Å². The van der Waals surface area contributed by atoms with Crippen molar-refractivity contribution in [2.75, 3.05) is 18.1 Å². The lowest BCUT2D eigenvalue weighted by Gasteiger charge is -2.16. The van der Waals surface area contributed by atoms with Gasteiger partial charge < -0.3 is 15.7 Å². The van der Waals surface area contributed by atoms with E-state index in [0.29, 0.717) is 23.6 Å². The van der Waals surface area contributed by atoms with Crippen molar-refractivity contribution in [3.8, 4) is 0 Å². The fourth-order valence-corrected chi connectivity index (χ4v) is 2.23. The summed E-state index contributed by atoms with van der Waals surface area (Å²) in [4.78, 5) is 13.5. The maximum atomic E-state index is 11.9. The molecule has 2 rings (SSSR count). The fraction of sp³-hybridized carbons (Fsp3) is 0.364. The predicted octanol–water partition coefficient (Wildman–Crippen LogP) is 1.07. The third kappa shape index (κ3) is 1.69. The molecule has 0 aromatic heterocycles. The Morgan fingerprint density at radius 3 is 2.94 bits per heavy atom. The molecule has 0 bridgehead atoms. The van der Waals surface area contributed by atoms with E-state index in [1.54, 1.807) is 17.0 Å². The van der Waals surface area contributed by atoms with E-state index in [2.05, 4.69) is 0 Å². The number of amides is 1. The van der Waals surface area contributed by atoms with E-state index >= 15 is 0 Å². The molecule has 1 unspecified atom stereocenters. The van der Waals surface area contributed by atoms with Crippen LogP contribution in [0, 0.1) is 0 Å². The molecule has 1 aromatic rings. The number of hydrogen-bond acceptors (Lipinski definition) is 3. The normalized spacial score (nSPS) is 19.1. The average molecular weight is 241 g/mol. The van der Waals surface area contributed by atoms with Crippen molar-refractivity contribution in [2.24, 2.45) is 5.73 Å². The second kappa shape index (κ2) is 4.41. The number of rotatable bonds is 3. The van der Waals surface area contributed by atoms with Crippen LogP contribution < -0.4 is 10.6 Å². The van der Waals surface area contributed by atoms with Crippen molar-refractivity contribution in [3.05, 3.63) is 28.8 Å². The van der Waals surface area contributed by atoms with Gasteiger partial charge in [-0.2, -0.15) is 0 Å². The van der Waals surface area contributed by atoms with Crippen molar-refractivity contribution < 1.29 is 9.90 Å². The molecule has 3 N–H and O–H groups in total. The highest BCUT2D eigenvalue weighted by atomic mass is 35.5. The van der Waals surface area contributed by atoms with Crippen LogP contribution in [-0.2, 0) is 4.79 Å². The first kappa shape index (κ1) is 11.4. The third-order valence-electron chi connectivity index (χ3n) is 2.70. The number of aliphatic hydroxyl groups excluding tert-OH is 1. The lowest BCUT2D eigenvalue weighted by Crippen LogP contribution is -2.32. The molecule has 0 fully saturated rings. The number of aliphatic hydroxyl groups is 1. The van der Waals surface area contributed by atoms with Gasteiger partial charge in [-0.05, 0) is 18.6 Å². The van der Waals surface area contributed by atoms with Gasteiger partial charge in [-0.25, -0.2) is 0 Å². The number of hydrogen-bond donors (Lipinski definition) is 2. The molecule has 1 aliphatic heterocycles. The largest absolute Gasteiger partial charge is 0.396 e. The maximum absolute atomic E-state index is 11.9. The molecule has 4 nitrogen and oxygen atoms in total. The Bertz CT molecular complexity index is 422. The molecular formula is C11H13ClN2O2. The smallest absolute Gasteiger partial charge is 0.248 e. The first-order chi connectivity index (χ1) is 7.66. The zero-order valence-electron chi connectivity index (χ0n) is 8.69. The van der Waals surface area contributed by atoms with Crippen LogP contribution in [0.1, 0.15) is 18.0 Å². The number of nitrogens with zero attached hydrogens (tertiary/aromatic N) is 1. The molecule has 0 spiro atoms. The minimum Gasteiger partial charge on any atom is -0.396 e. The number of nitrogens with two attached hydrogens (primary N) is 1. The molecule has 1 heterocycles. The number of fused-ring (bicyclic) bond motifs is 1. The summed E-state index contributed by atoms with van der Waals surface area (Å²) < 4.78 is 0. The molecule has 1 aromatic carbocycles. The van der Waals surface area contributed by atoms with Crippen molar-refractivity contribution in [2.45, 2.75) is 12.5 Å². The SMILES string of the molecule is NC1C(=O)N(CCCO)c2cccc(Cl)c21. The van der Waals surface area contributed by atoms with E-state index in [-0.39, 0.29) is 12.5 Å². The second-order valence-electron chi connectivity index (χ2n) is 3.72. The molecule has 1 amide bonds. The highest BCUT2D eigenvalue weighted by molar-refractivity contribution is 6.32. The van der Waals surface area contributed by atoms with E-state index in [1.807, 2.05) is 6.07 Å². The van der Waals surface area contributed by atoms with Crippen molar-refractivity contribution in [1.82, 2.24) is 0 Å². The molecule has 1 atom stereocenters. The third-order valence-corrected chi connectivity index (χ3v) is 3.03. The highest BCUT2D eigenvalue weighted by Gasteiger charge is 2.35. The van der Waals surface area contributed by atoms with Gasteiger partial charge in [-0.3, -0.25) is 4.79 Å². The zero-order chi connectivity index (χ0) is 11.7. The number of anilines is 1. The number of halogens is 1. The molecule has 0 radical (unpaired) electrons. The van der Waals surface area contributed by atoms with Crippen LogP contribution in [0.15, 0.2) is 18.2 Å². The highest BCUT2D eigenvalue weighted by Crippen LogP contribution is 2.38. The van der Waals surface area contributed by atoms with Gasteiger partial charge in [0.05, 0.1) is 5.69 Å². The van der Waals surface area contributed by atoms with Gasteiger partial charge in [0.1, 0.15) is 6.04 Å². The summed E-state index contributed by atoms with van der Waals surface area (Å²) >= 11 is 6.02. The molecule has 0 aliphatic carbocycles. The Kier molecular flexibility index (Phi) is 3.14. The topological polar surface area (TPSA) is 66.6 Å². The summed E-state index contributed by atoms with van der Waals surface area (Å²) in [6, 6.07) is 4.66. The standard InChI is InChI=1S/C11H13ClN2O2/c12-7-3-1-4-8-9(7)10(13)11(16)14(8)5-2-6-15/h1,3-4,10,15H,2,5-6,13H2. The summed E-state index contributed by atoms with van der Waals surface area (Å²) in [5, 5.41) is 9.30. The van der Waals surface area contributed by atoms with Gasteiger partial charge in [0.25, 0.3) is 0 Å². The predicted molar refractivity (Wildman–Crippen MR) is 62.4 cm³/mol. The van der Waals surface area contributed by atoms with Crippen LogP contribution in [0.5, 0.6) is 0 Å². The lowest BCUT2D eigenvalue weighted by molar-refractivity contribution is -0.119. The van der Waals surface area contributed by atoms with E-state index in [0.717, 1.165) is 5.69 Å². The minimum absolute atomic E-state index is 0.0505. The van der Waals surface area contributed by atoms with Crippen LogP contribution in [0.4, 0.5) is 5.69 Å². The number of carbonyl (C=O) groups excluding carboxylic acids is 1. The number of benzene rings is 1. The van der Waals surface area contributed by atoms with Crippen molar-refractivity contribution >= 4 is 23.2 Å². The summed E-state index contributed by atoms with van der Waals surface area (Å²) in [6.07, 6.45) is 0.532. The van der Waals surface area contributed by atoms with Crippen LogP contribution in [0.2, 0.25) is 5.02 Å². The Balaban J connectivity index is 2.38. The Labute approximate surface area is 98.6 Å². The van der Waals surface area contributed by atoms with Crippen molar-refractivity contribution in [1.29, 1.82) is 0 Å².